The molecule has 0 saturated heterocycles. The molecule has 2 aromatic rings. The Morgan fingerprint density at radius 2 is 2.24 bits per heavy atom. The predicted octanol–water partition coefficient (Wildman–Crippen LogP) is 4.28. The number of nitrogens with zero attached hydrogens (tertiary/aromatic N) is 2. The second-order valence-corrected chi connectivity index (χ2v) is 4.95. The van der Waals surface area contributed by atoms with Crippen molar-refractivity contribution in [3.05, 3.63) is 39.0 Å². The highest BCUT2D eigenvalue weighted by molar-refractivity contribution is 9.10. The number of fused-ring (bicyclic) bond motifs is 1. The monoisotopic (exact) mass is 296 g/mol. The summed E-state index contributed by atoms with van der Waals surface area (Å²) >= 11 is 3.49. The van der Waals surface area contributed by atoms with Crippen LogP contribution in [0.3, 0.4) is 0 Å². The van der Waals surface area contributed by atoms with Gasteiger partial charge in [0, 0.05) is 34.2 Å². The molecule has 90 valence electrons. The van der Waals surface area contributed by atoms with Crippen LogP contribution in [0.25, 0.3) is 10.9 Å². The molecule has 0 saturated carbocycles. The Morgan fingerprint density at radius 3 is 2.82 bits per heavy atom. The maximum atomic E-state index is 10.8. The van der Waals surface area contributed by atoms with E-state index in [1.807, 2.05) is 6.20 Å². The highest BCUT2D eigenvalue weighted by Crippen LogP contribution is 2.32. The van der Waals surface area contributed by atoms with Crippen molar-refractivity contribution < 1.29 is 4.92 Å². The molecule has 0 spiro atoms. The number of nitro benzene ring substituents is 1. The minimum absolute atomic E-state index is 0.132. The van der Waals surface area contributed by atoms with Crippen LogP contribution >= 0.6 is 15.9 Å². The number of hydrogen-bond donors (Lipinski definition) is 0. The van der Waals surface area contributed by atoms with Gasteiger partial charge in [0.15, 0.2) is 0 Å². The Balaban J connectivity index is 2.68. The fraction of sp³-hybridized carbons (Fsp3) is 0.333. The van der Waals surface area contributed by atoms with Crippen molar-refractivity contribution in [2.75, 3.05) is 0 Å². The van der Waals surface area contributed by atoms with E-state index in [-0.39, 0.29) is 10.6 Å². The highest BCUT2D eigenvalue weighted by Gasteiger charge is 2.14. The molecule has 0 aliphatic rings. The lowest BCUT2D eigenvalue weighted by molar-refractivity contribution is -0.384. The smallest absolute Gasteiger partial charge is 0.271 e. The average molecular weight is 297 g/mol. The molecule has 1 atom stereocenters. The van der Waals surface area contributed by atoms with Crippen LogP contribution in [0, 0.1) is 10.1 Å². The van der Waals surface area contributed by atoms with Crippen molar-refractivity contribution >= 4 is 32.5 Å². The minimum atomic E-state index is -0.360. The standard InChI is InChI=1S/C12H13BrN2O2/c1-3-8(2)14-7-11(13)10-5-4-9(15(16)17)6-12(10)14/h4-8H,3H2,1-2H3/t8-/m0/s1. The SMILES string of the molecule is CC[C@H](C)n1cc(Br)c2ccc([N+](=O)[O-])cc21. The van der Waals surface area contributed by atoms with Crippen LogP contribution in [-0.4, -0.2) is 9.49 Å². The van der Waals surface area contributed by atoms with Crippen molar-refractivity contribution in [3.63, 3.8) is 0 Å². The molecular formula is C12H13BrN2O2. The molecule has 0 unspecified atom stereocenters. The predicted molar refractivity (Wildman–Crippen MR) is 71.3 cm³/mol. The summed E-state index contributed by atoms with van der Waals surface area (Å²) in [6.07, 6.45) is 2.97. The number of halogens is 1. The second-order valence-electron chi connectivity index (χ2n) is 4.10. The summed E-state index contributed by atoms with van der Waals surface area (Å²) in [5.41, 5.74) is 1.04. The van der Waals surface area contributed by atoms with Gasteiger partial charge in [-0.25, -0.2) is 0 Å². The van der Waals surface area contributed by atoms with E-state index in [1.54, 1.807) is 12.1 Å². The van der Waals surface area contributed by atoms with E-state index in [2.05, 4.69) is 34.3 Å². The van der Waals surface area contributed by atoms with Gasteiger partial charge in [-0.05, 0) is 35.3 Å². The Morgan fingerprint density at radius 1 is 1.53 bits per heavy atom. The highest BCUT2D eigenvalue weighted by atomic mass is 79.9. The van der Waals surface area contributed by atoms with Gasteiger partial charge >= 0.3 is 0 Å². The van der Waals surface area contributed by atoms with Gasteiger partial charge in [-0.1, -0.05) is 6.92 Å². The Kier molecular flexibility index (Phi) is 3.19. The molecule has 1 aromatic carbocycles. The first-order valence-corrected chi connectivity index (χ1v) is 6.28. The van der Waals surface area contributed by atoms with Crippen LogP contribution < -0.4 is 0 Å². The first-order valence-electron chi connectivity index (χ1n) is 5.49. The van der Waals surface area contributed by atoms with Gasteiger partial charge in [0.2, 0.25) is 0 Å². The maximum Gasteiger partial charge on any atom is 0.271 e. The Labute approximate surface area is 108 Å². The number of rotatable bonds is 3. The summed E-state index contributed by atoms with van der Waals surface area (Å²) < 4.78 is 3.05. The summed E-state index contributed by atoms with van der Waals surface area (Å²) in [5, 5.41) is 11.8. The Hall–Kier alpha value is -1.36. The number of aromatic nitrogens is 1. The molecule has 5 heteroatoms. The molecular weight excluding hydrogens is 284 g/mol. The summed E-state index contributed by atoms with van der Waals surface area (Å²) in [5.74, 6) is 0. The van der Waals surface area contributed by atoms with Crippen molar-refractivity contribution in [1.82, 2.24) is 4.57 Å². The first kappa shape index (κ1) is 12.1. The molecule has 0 amide bonds. The van der Waals surface area contributed by atoms with Gasteiger partial charge in [-0.2, -0.15) is 0 Å². The molecule has 1 heterocycles. The lowest BCUT2D eigenvalue weighted by Gasteiger charge is -2.12. The Bertz CT molecular complexity index is 577. The van der Waals surface area contributed by atoms with Crippen molar-refractivity contribution in [1.29, 1.82) is 0 Å². The van der Waals surface area contributed by atoms with Crippen LogP contribution in [-0.2, 0) is 0 Å². The van der Waals surface area contributed by atoms with E-state index in [4.69, 9.17) is 0 Å². The van der Waals surface area contributed by atoms with E-state index in [0.29, 0.717) is 6.04 Å². The number of non-ortho nitro benzene ring substituents is 1. The zero-order chi connectivity index (χ0) is 12.6. The summed E-state index contributed by atoms with van der Waals surface area (Å²) in [6.45, 7) is 4.20. The van der Waals surface area contributed by atoms with Crippen LogP contribution in [0.1, 0.15) is 26.3 Å². The molecule has 0 bridgehead atoms. The molecule has 0 aliphatic carbocycles. The molecule has 0 aliphatic heterocycles. The number of benzene rings is 1. The van der Waals surface area contributed by atoms with E-state index >= 15 is 0 Å². The topological polar surface area (TPSA) is 48.1 Å². The summed E-state index contributed by atoms with van der Waals surface area (Å²) in [6, 6.07) is 5.28. The van der Waals surface area contributed by atoms with Crippen LogP contribution in [0.5, 0.6) is 0 Å². The summed E-state index contributed by atoms with van der Waals surface area (Å²) in [4.78, 5) is 10.4. The molecule has 2 rings (SSSR count). The quantitative estimate of drug-likeness (QED) is 0.627. The zero-order valence-corrected chi connectivity index (χ0v) is 11.3. The molecule has 0 radical (unpaired) electrons. The lowest BCUT2D eigenvalue weighted by Crippen LogP contribution is -2.01. The third-order valence-electron chi connectivity index (χ3n) is 3.05. The van der Waals surface area contributed by atoms with Gasteiger partial charge in [-0.3, -0.25) is 10.1 Å². The number of hydrogen-bond acceptors (Lipinski definition) is 2. The fourth-order valence-electron chi connectivity index (χ4n) is 1.87. The van der Waals surface area contributed by atoms with E-state index < -0.39 is 0 Å². The zero-order valence-electron chi connectivity index (χ0n) is 9.68. The van der Waals surface area contributed by atoms with Crippen molar-refractivity contribution in [2.24, 2.45) is 0 Å². The molecule has 17 heavy (non-hydrogen) atoms. The summed E-state index contributed by atoms with van der Waals surface area (Å²) in [7, 11) is 0. The van der Waals surface area contributed by atoms with Gasteiger partial charge in [-0.15, -0.1) is 0 Å². The third kappa shape index (κ3) is 2.07. The van der Waals surface area contributed by atoms with E-state index in [0.717, 1.165) is 21.8 Å². The molecule has 1 aromatic heterocycles. The molecule has 4 nitrogen and oxygen atoms in total. The largest absolute Gasteiger partial charge is 0.343 e. The van der Waals surface area contributed by atoms with Crippen LogP contribution in [0.4, 0.5) is 5.69 Å². The maximum absolute atomic E-state index is 10.8. The van der Waals surface area contributed by atoms with Gasteiger partial charge in [0.1, 0.15) is 0 Å². The molecule has 0 N–H and O–H groups in total. The lowest BCUT2D eigenvalue weighted by atomic mass is 10.2. The second kappa shape index (κ2) is 4.49. The van der Waals surface area contributed by atoms with Gasteiger partial charge in [0.25, 0.3) is 5.69 Å². The fourth-order valence-corrected chi connectivity index (χ4v) is 2.43. The van der Waals surface area contributed by atoms with Crippen molar-refractivity contribution in [3.8, 4) is 0 Å². The normalized spacial score (nSPS) is 12.9. The van der Waals surface area contributed by atoms with E-state index in [1.165, 1.54) is 6.07 Å². The van der Waals surface area contributed by atoms with Crippen LogP contribution in [0.2, 0.25) is 0 Å². The van der Waals surface area contributed by atoms with Gasteiger partial charge < -0.3 is 4.57 Å². The van der Waals surface area contributed by atoms with Crippen molar-refractivity contribution in [2.45, 2.75) is 26.3 Å². The van der Waals surface area contributed by atoms with Crippen LogP contribution in [0.15, 0.2) is 28.9 Å². The number of nitro groups is 1. The van der Waals surface area contributed by atoms with Gasteiger partial charge in [0.05, 0.1) is 10.4 Å². The third-order valence-corrected chi connectivity index (χ3v) is 3.68. The van der Waals surface area contributed by atoms with E-state index in [9.17, 15) is 10.1 Å². The minimum Gasteiger partial charge on any atom is -0.343 e. The molecule has 0 fully saturated rings. The first-order chi connectivity index (χ1) is 8.04. The average Bonchev–Trinajstić information content (AvgIpc) is 2.65.